The van der Waals surface area contributed by atoms with Crippen molar-refractivity contribution in [2.45, 2.75) is 43.9 Å². The lowest BCUT2D eigenvalue weighted by atomic mass is 9.98. The van der Waals surface area contributed by atoms with E-state index in [2.05, 4.69) is 15.5 Å². The molecule has 1 N–H and O–H groups in total. The van der Waals surface area contributed by atoms with E-state index in [1.165, 1.54) is 4.31 Å². The van der Waals surface area contributed by atoms with Crippen molar-refractivity contribution in [3.05, 3.63) is 71.9 Å². The molecule has 0 unspecified atom stereocenters. The third kappa shape index (κ3) is 5.48. The number of rotatable bonds is 7. The molecule has 2 heterocycles. The maximum Gasteiger partial charge on any atom is 0.243 e. The third-order valence-electron chi connectivity index (χ3n) is 5.70. The fraction of sp³-hybridized carbons (Fsp3) is 0.375. The van der Waals surface area contributed by atoms with E-state index in [-0.39, 0.29) is 23.3 Å². The molecule has 1 aliphatic rings. The minimum absolute atomic E-state index is 0.171. The van der Waals surface area contributed by atoms with Gasteiger partial charge in [-0.3, -0.25) is 4.79 Å². The first-order chi connectivity index (χ1) is 15.8. The Kier molecular flexibility index (Phi) is 6.90. The summed E-state index contributed by atoms with van der Waals surface area (Å²) >= 11 is 0. The van der Waals surface area contributed by atoms with E-state index in [4.69, 9.17) is 4.52 Å². The van der Waals surface area contributed by atoms with E-state index >= 15 is 0 Å². The average molecular weight is 469 g/mol. The zero-order chi connectivity index (χ0) is 23.4. The van der Waals surface area contributed by atoms with Crippen LogP contribution in [0.15, 0.2) is 64.0 Å². The van der Waals surface area contributed by atoms with Crippen molar-refractivity contribution in [1.82, 2.24) is 14.4 Å². The summed E-state index contributed by atoms with van der Waals surface area (Å²) in [5.41, 5.74) is 1.67. The van der Waals surface area contributed by atoms with Gasteiger partial charge >= 0.3 is 0 Å². The van der Waals surface area contributed by atoms with Crippen LogP contribution in [0.3, 0.4) is 0 Å². The van der Waals surface area contributed by atoms with Gasteiger partial charge in [-0.1, -0.05) is 49.3 Å². The Hall–Kier alpha value is -3.04. The molecule has 0 spiro atoms. The van der Waals surface area contributed by atoms with Crippen LogP contribution in [-0.4, -0.2) is 41.9 Å². The fourth-order valence-corrected chi connectivity index (χ4v) is 5.37. The van der Waals surface area contributed by atoms with Crippen molar-refractivity contribution in [2.24, 2.45) is 5.92 Å². The second-order valence-electron chi connectivity index (χ2n) is 8.58. The number of carbonyl (C=O) groups is 1. The summed E-state index contributed by atoms with van der Waals surface area (Å²) in [5, 5.41) is 6.93. The summed E-state index contributed by atoms with van der Waals surface area (Å²) in [5.74, 6) is 0.852. The van der Waals surface area contributed by atoms with Gasteiger partial charge in [-0.2, -0.15) is 9.29 Å². The SMILES string of the molecule is CC(C)c1nc(Cc2ccc(NC(=O)[C@@H]3CCCN(S(=O)(=O)c4ccccc4)C3)cc2)no1. The second-order valence-corrected chi connectivity index (χ2v) is 10.5. The van der Waals surface area contributed by atoms with Crippen molar-refractivity contribution in [2.75, 3.05) is 18.4 Å². The van der Waals surface area contributed by atoms with Crippen LogP contribution in [0.5, 0.6) is 0 Å². The van der Waals surface area contributed by atoms with Gasteiger partial charge in [0.25, 0.3) is 0 Å². The Labute approximate surface area is 194 Å². The highest BCUT2D eigenvalue weighted by molar-refractivity contribution is 7.89. The molecule has 4 rings (SSSR count). The summed E-state index contributed by atoms with van der Waals surface area (Å²) in [6.07, 6.45) is 1.84. The third-order valence-corrected chi connectivity index (χ3v) is 7.58. The zero-order valence-electron chi connectivity index (χ0n) is 18.8. The van der Waals surface area contributed by atoms with E-state index in [1.807, 2.05) is 38.1 Å². The molecule has 1 fully saturated rings. The van der Waals surface area contributed by atoms with Gasteiger partial charge < -0.3 is 9.84 Å². The smallest absolute Gasteiger partial charge is 0.243 e. The second kappa shape index (κ2) is 9.84. The number of nitrogens with one attached hydrogen (secondary N) is 1. The molecule has 1 aromatic heterocycles. The Morgan fingerprint density at radius 3 is 2.55 bits per heavy atom. The summed E-state index contributed by atoms with van der Waals surface area (Å²) in [4.78, 5) is 17.5. The van der Waals surface area contributed by atoms with Gasteiger partial charge in [0.1, 0.15) is 0 Å². The number of hydrogen-bond acceptors (Lipinski definition) is 6. The molecule has 9 heteroatoms. The minimum atomic E-state index is -3.61. The lowest BCUT2D eigenvalue weighted by Gasteiger charge is -2.31. The number of amides is 1. The minimum Gasteiger partial charge on any atom is -0.339 e. The molecule has 8 nitrogen and oxygen atoms in total. The maximum absolute atomic E-state index is 12.9. The van der Waals surface area contributed by atoms with E-state index in [1.54, 1.807) is 30.3 Å². The molecule has 1 aliphatic heterocycles. The van der Waals surface area contributed by atoms with Crippen molar-refractivity contribution >= 4 is 21.6 Å². The van der Waals surface area contributed by atoms with Crippen LogP contribution < -0.4 is 5.32 Å². The number of aromatic nitrogens is 2. The van der Waals surface area contributed by atoms with Crippen molar-refractivity contribution in [3.8, 4) is 0 Å². The molecule has 0 saturated carbocycles. The van der Waals surface area contributed by atoms with Gasteiger partial charge in [0.05, 0.1) is 10.8 Å². The molecule has 0 radical (unpaired) electrons. The Morgan fingerprint density at radius 1 is 1.15 bits per heavy atom. The largest absolute Gasteiger partial charge is 0.339 e. The fourth-order valence-electron chi connectivity index (χ4n) is 3.82. The van der Waals surface area contributed by atoms with Crippen molar-refractivity contribution < 1.29 is 17.7 Å². The molecular formula is C24H28N4O4S. The van der Waals surface area contributed by atoms with E-state index in [0.717, 1.165) is 5.56 Å². The molecule has 0 bridgehead atoms. The number of carbonyl (C=O) groups excluding carboxylic acids is 1. The van der Waals surface area contributed by atoms with Crippen molar-refractivity contribution in [1.29, 1.82) is 0 Å². The highest BCUT2D eigenvalue weighted by Gasteiger charge is 2.33. The van der Waals surface area contributed by atoms with Gasteiger partial charge in [0, 0.05) is 31.1 Å². The van der Waals surface area contributed by atoms with Crippen LogP contribution in [0, 0.1) is 5.92 Å². The predicted octanol–water partition coefficient (Wildman–Crippen LogP) is 3.82. The van der Waals surface area contributed by atoms with Gasteiger partial charge in [0.15, 0.2) is 5.82 Å². The number of nitrogens with zero attached hydrogens (tertiary/aromatic N) is 3. The van der Waals surface area contributed by atoms with E-state index in [9.17, 15) is 13.2 Å². The Morgan fingerprint density at radius 2 is 1.88 bits per heavy atom. The van der Waals surface area contributed by atoms with E-state index in [0.29, 0.717) is 43.2 Å². The first-order valence-electron chi connectivity index (χ1n) is 11.1. The maximum atomic E-state index is 12.9. The molecule has 33 heavy (non-hydrogen) atoms. The highest BCUT2D eigenvalue weighted by atomic mass is 32.2. The first-order valence-corrected chi connectivity index (χ1v) is 12.5. The highest BCUT2D eigenvalue weighted by Crippen LogP contribution is 2.25. The molecular weight excluding hydrogens is 440 g/mol. The van der Waals surface area contributed by atoms with Gasteiger partial charge in [0.2, 0.25) is 21.8 Å². The molecule has 174 valence electrons. The predicted molar refractivity (Wildman–Crippen MR) is 124 cm³/mol. The lowest BCUT2D eigenvalue weighted by molar-refractivity contribution is -0.120. The molecule has 0 aliphatic carbocycles. The number of sulfonamides is 1. The average Bonchev–Trinajstić information content (AvgIpc) is 3.30. The molecule has 1 saturated heterocycles. The first kappa shape index (κ1) is 23.1. The van der Waals surface area contributed by atoms with Crippen LogP contribution in [0.1, 0.15) is 49.9 Å². The van der Waals surface area contributed by atoms with Crippen LogP contribution in [0.25, 0.3) is 0 Å². The summed E-state index contributed by atoms with van der Waals surface area (Å²) in [6, 6.07) is 15.8. The summed E-state index contributed by atoms with van der Waals surface area (Å²) in [7, 11) is -3.61. The zero-order valence-corrected chi connectivity index (χ0v) is 19.6. The van der Waals surface area contributed by atoms with Crippen LogP contribution >= 0.6 is 0 Å². The summed E-state index contributed by atoms with van der Waals surface area (Å²) in [6.45, 7) is 4.59. The Bertz CT molecular complexity index is 1190. The standard InChI is InChI=1S/C24H28N4O4S/c1-17(2)24-26-22(27-32-24)15-18-10-12-20(13-11-18)25-23(29)19-7-6-14-28(16-19)33(30,31)21-8-4-3-5-9-21/h3-5,8-13,17,19H,6-7,14-16H2,1-2H3,(H,25,29)/t19-/m1/s1. The van der Waals surface area contributed by atoms with Crippen LogP contribution in [0.4, 0.5) is 5.69 Å². The molecule has 3 aromatic rings. The molecule has 1 amide bonds. The van der Waals surface area contributed by atoms with Gasteiger partial charge in [-0.15, -0.1) is 0 Å². The van der Waals surface area contributed by atoms with E-state index < -0.39 is 15.9 Å². The number of anilines is 1. The van der Waals surface area contributed by atoms with Gasteiger partial charge in [-0.05, 0) is 42.7 Å². The monoisotopic (exact) mass is 468 g/mol. The van der Waals surface area contributed by atoms with Crippen LogP contribution in [-0.2, 0) is 21.2 Å². The Balaban J connectivity index is 1.36. The van der Waals surface area contributed by atoms with Crippen LogP contribution in [0.2, 0.25) is 0 Å². The molecule has 2 aromatic carbocycles. The summed E-state index contributed by atoms with van der Waals surface area (Å²) < 4.78 is 32.5. The number of benzene rings is 2. The quantitative estimate of drug-likeness (QED) is 0.565. The lowest BCUT2D eigenvalue weighted by Crippen LogP contribution is -2.43. The number of piperidine rings is 1. The topological polar surface area (TPSA) is 105 Å². The van der Waals surface area contributed by atoms with Crippen molar-refractivity contribution in [3.63, 3.8) is 0 Å². The normalized spacial score (nSPS) is 17.2. The molecule has 1 atom stereocenters. The number of hydrogen-bond donors (Lipinski definition) is 1. The van der Waals surface area contributed by atoms with Gasteiger partial charge in [-0.25, -0.2) is 8.42 Å².